The monoisotopic (exact) mass is 271 g/mol. The van der Waals surface area contributed by atoms with Gasteiger partial charge >= 0.3 is 0 Å². The molecule has 1 aromatic carbocycles. The van der Waals surface area contributed by atoms with Crippen LogP contribution in [0.25, 0.3) is 0 Å². The Morgan fingerprint density at radius 2 is 2.15 bits per heavy atom. The molecular formula is C17H21NO2. The van der Waals surface area contributed by atoms with E-state index in [-0.39, 0.29) is 12.5 Å². The maximum atomic E-state index is 12.3. The maximum Gasteiger partial charge on any atom is 0.252 e. The number of aliphatic hydroxyl groups excluding tert-OH is 1. The van der Waals surface area contributed by atoms with E-state index in [9.17, 15) is 4.79 Å². The number of aliphatic hydroxyl groups is 1. The zero-order chi connectivity index (χ0) is 14.4. The average molecular weight is 271 g/mol. The van der Waals surface area contributed by atoms with Crippen LogP contribution in [0, 0.1) is 17.3 Å². The minimum absolute atomic E-state index is 0.0739. The summed E-state index contributed by atoms with van der Waals surface area (Å²) in [5, 5.41) is 11.8. The van der Waals surface area contributed by atoms with Crippen molar-refractivity contribution in [1.29, 1.82) is 0 Å². The molecule has 0 unspecified atom stereocenters. The highest BCUT2D eigenvalue weighted by atomic mass is 16.2. The molecule has 3 heteroatoms. The summed E-state index contributed by atoms with van der Waals surface area (Å²) in [6, 6.07) is 7.25. The lowest BCUT2D eigenvalue weighted by Crippen LogP contribution is -2.30. The molecule has 2 N–H and O–H groups in total. The fraction of sp³-hybridized carbons (Fsp3) is 0.471. The van der Waals surface area contributed by atoms with Gasteiger partial charge in [0.05, 0.1) is 5.56 Å². The zero-order valence-corrected chi connectivity index (χ0v) is 11.9. The Bertz CT molecular complexity index is 535. The first-order chi connectivity index (χ1) is 9.71. The highest BCUT2D eigenvalue weighted by molar-refractivity contribution is 5.96. The summed E-state index contributed by atoms with van der Waals surface area (Å²) >= 11 is 0. The van der Waals surface area contributed by atoms with Gasteiger partial charge in [-0.15, -0.1) is 0 Å². The molecule has 1 aliphatic rings. The van der Waals surface area contributed by atoms with Crippen LogP contribution in [0.3, 0.4) is 0 Å². The van der Waals surface area contributed by atoms with Crippen molar-refractivity contribution in [3.8, 4) is 11.8 Å². The van der Waals surface area contributed by atoms with Crippen LogP contribution in [0.2, 0.25) is 0 Å². The third kappa shape index (κ3) is 3.61. The fourth-order valence-electron chi connectivity index (χ4n) is 2.51. The van der Waals surface area contributed by atoms with E-state index in [0.29, 0.717) is 16.5 Å². The van der Waals surface area contributed by atoms with E-state index >= 15 is 0 Å². The predicted molar refractivity (Wildman–Crippen MR) is 79.3 cm³/mol. The van der Waals surface area contributed by atoms with Crippen LogP contribution in [-0.2, 0) is 0 Å². The Balaban J connectivity index is 2.02. The van der Waals surface area contributed by atoms with Crippen LogP contribution in [0.5, 0.6) is 0 Å². The molecule has 0 aromatic heterocycles. The van der Waals surface area contributed by atoms with Crippen molar-refractivity contribution in [3.05, 3.63) is 35.4 Å². The van der Waals surface area contributed by atoms with Crippen molar-refractivity contribution in [1.82, 2.24) is 5.32 Å². The Kier molecular flexibility index (Phi) is 4.81. The second kappa shape index (κ2) is 6.58. The quantitative estimate of drug-likeness (QED) is 0.808. The molecule has 2 rings (SSSR count). The summed E-state index contributed by atoms with van der Waals surface area (Å²) in [6.07, 6.45) is 4.77. The number of carbonyl (C=O) groups is 1. The van der Waals surface area contributed by atoms with E-state index in [2.05, 4.69) is 24.1 Å². The number of hydrogen-bond acceptors (Lipinski definition) is 2. The van der Waals surface area contributed by atoms with Crippen LogP contribution in [-0.4, -0.2) is 24.2 Å². The predicted octanol–water partition coefficient (Wildman–Crippen LogP) is 2.34. The van der Waals surface area contributed by atoms with Crippen molar-refractivity contribution in [3.63, 3.8) is 0 Å². The molecular weight excluding hydrogens is 250 g/mol. The van der Waals surface area contributed by atoms with Crippen molar-refractivity contribution in [2.24, 2.45) is 5.41 Å². The van der Waals surface area contributed by atoms with Crippen LogP contribution in [0.4, 0.5) is 0 Å². The van der Waals surface area contributed by atoms with Gasteiger partial charge in [-0.2, -0.15) is 0 Å². The SMILES string of the molecule is CCCC1(CNC(=O)c2ccccc2C#CCO)CC1. The van der Waals surface area contributed by atoms with Gasteiger partial charge < -0.3 is 10.4 Å². The number of hydrogen-bond donors (Lipinski definition) is 2. The van der Waals surface area contributed by atoms with Crippen molar-refractivity contribution in [2.45, 2.75) is 32.6 Å². The van der Waals surface area contributed by atoms with Gasteiger partial charge in [0.15, 0.2) is 0 Å². The van der Waals surface area contributed by atoms with Gasteiger partial charge in [-0.05, 0) is 36.8 Å². The van der Waals surface area contributed by atoms with Gasteiger partial charge in [-0.25, -0.2) is 0 Å². The van der Waals surface area contributed by atoms with E-state index in [1.807, 2.05) is 12.1 Å². The lowest BCUT2D eigenvalue weighted by molar-refractivity contribution is 0.0943. The molecule has 106 valence electrons. The molecule has 0 saturated heterocycles. The largest absolute Gasteiger partial charge is 0.384 e. The third-order valence-electron chi connectivity index (χ3n) is 3.84. The molecule has 1 aliphatic carbocycles. The van der Waals surface area contributed by atoms with Crippen LogP contribution in [0.1, 0.15) is 48.5 Å². The van der Waals surface area contributed by atoms with Crippen LogP contribution in [0.15, 0.2) is 24.3 Å². The van der Waals surface area contributed by atoms with E-state index in [1.165, 1.54) is 19.3 Å². The second-order valence-corrected chi connectivity index (χ2v) is 5.44. The van der Waals surface area contributed by atoms with Crippen molar-refractivity contribution in [2.75, 3.05) is 13.2 Å². The Hall–Kier alpha value is -1.79. The Labute approximate surface area is 120 Å². The number of benzene rings is 1. The van der Waals surface area contributed by atoms with Crippen LogP contribution < -0.4 is 5.32 Å². The topological polar surface area (TPSA) is 49.3 Å². The van der Waals surface area contributed by atoms with E-state index in [0.717, 1.165) is 13.0 Å². The number of rotatable bonds is 5. The highest BCUT2D eigenvalue weighted by Gasteiger charge is 2.41. The summed E-state index contributed by atoms with van der Waals surface area (Å²) in [4.78, 5) is 12.3. The zero-order valence-electron chi connectivity index (χ0n) is 11.9. The van der Waals surface area contributed by atoms with E-state index in [1.54, 1.807) is 12.1 Å². The maximum absolute atomic E-state index is 12.3. The summed E-state index contributed by atoms with van der Waals surface area (Å²) in [7, 11) is 0. The third-order valence-corrected chi connectivity index (χ3v) is 3.84. The first-order valence-corrected chi connectivity index (χ1v) is 7.18. The number of amides is 1. The smallest absolute Gasteiger partial charge is 0.252 e. The molecule has 20 heavy (non-hydrogen) atoms. The molecule has 1 fully saturated rings. The number of carbonyl (C=O) groups excluding carboxylic acids is 1. The normalized spacial score (nSPS) is 15.1. The molecule has 0 aliphatic heterocycles. The van der Waals surface area contributed by atoms with Gasteiger partial charge in [0.2, 0.25) is 0 Å². The lowest BCUT2D eigenvalue weighted by atomic mass is 10.0. The first kappa shape index (κ1) is 14.6. The van der Waals surface area contributed by atoms with Gasteiger partial charge in [-0.1, -0.05) is 37.3 Å². The van der Waals surface area contributed by atoms with Gasteiger partial charge in [0.25, 0.3) is 5.91 Å². The Morgan fingerprint density at radius 3 is 2.80 bits per heavy atom. The van der Waals surface area contributed by atoms with Gasteiger partial charge in [-0.3, -0.25) is 4.79 Å². The second-order valence-electron chi connectivity index (χ2n) is 5.44. The summed E-state index contributed by atoms with van der Waals surface area (Å²) in [6.45, 7) is 2.73. The van der Waals surface area contributed by atoms with Crippen LogP contribution >= 0.6 is 0 Å². The molecule has 0 heterocycles. The molecule has 0 bridgehead atoms. The Morgan fingerprint density at radius 1 is 1.40 bits per heavy atom. The fourth-order valence-corrected chi connectivity index (χ4v) is 2.51. The van der Waals surface area contributed by atoms with Gasteiger partial charge in [0.1, 0.15) is 6.61 Å². The minimum atomic E-state index is -0.199. The highest BCUT2D eigenvalue weighted by Crippen LogP contribution is 2.48. The van der Waals surface area contributed by atoms with E-state index in [4.69, 9.17) is 5.11 Å². The van der Waals surface area contributed by atoms with Crippen molar-refractivity contribution >= 4 is 5.91 Å². The summed E-state index contributed by atoms with van der Waals surface area (Å²) in [5.74, 6) is 5.34. The van der Waals surface area contributed by atoms with E-state index < -0.39 is 0 Å². The molecule has 1 aromatic rings. The molecule has 1 saturated carbocycles. The first-order valence-electron chi connectivity index (χ1n) is 7.18. The summed E-state index contributed by atoms with van der Waals surface area (Å²) in [5.41, 5.74) is 1.59. The molecule has 1 amide bonds. The molecule has 3 nitrogen and oxygen atoms in total. The summed E-state index contributed by atoms with van der Waals surface area (Å²) < 4.78 is 0. The molecule has 0 atom stereocenters. The standard InChI is InChI=1S/C17H21NO2/c1-2-9-17(10-11-17)13-18-16(20)15-8-4-3-6-14(15)7-5-12-19/h3-4,6,8,19H,2,9-13H2,1H3,(H,18,20). The number of nitrogens with one attached hydrogen (secondary N) is 1. The molecule has 0 radical (unpaired) electrons. The van der Waals surface area contributed by atoms with Gasteiger partial charge in [0, 0.05) is 12.1 Å². The lowest BCUT2D eigenvalue weighted by Gasteiger charge is -2.15. The molecule has 0 spiro atoms. The minimum Gasteiger partial charge on any atom is -0.384 e. The average Bonchev–Trinajstić information content (AvgIpc) is 3.23. The van der Waals surface area contributed by atoms with Crippen molar-refractivity contribution < 1.29 is 9.90 Å².